The summed E-state index contributed by atoms with van der Waals surface area (Å²) < 4.78 is 13.7. The quantitative estimate of drug-likeness (QED) is 0.860. The highest BCUT2D eigenvalue weighted by atomic mass is 79.9. The Labute approximate surface area is 119 Å². The predicted octanol–water partition coefficient (Wildman–Crippen LogP) is 4.11. The SMILES string of the molecule is O=C(CCc1cccc(F)c1)c1cc(Br)ccc1O. The van der Waals surface area contributed by atoms with Crippen LogP contribution in [0.15, 0.2) is 46.9 Å². The molecule has 2 rings (SSSR count). The normalized spacial score (nSPS) is 10.4. The van der Waals surface area contributed by atoms with Gasteiger partial charge in [0.15, 0.2) is 5.78 Å². The number of aryl methyl sites for hydroxylation is 1. The van der Waals surface area contributed by atoms with E-state index in [2.05, 4.69) is 15.9 Å². The molecular formula is C15H12BrFO2. The van der Waals surface area contributed by atoms with Crippen molar-refractivity contribution in [3.63, 3.8) is 0 Å². The van der Waals surface area contributed by atoms with Crippen molar-refractivity contribution in [2.75, 3.05) is 0 Å². The van der Waals surface area contributed by atoms with E-state index in [9.17, 15) is 14.3 Å². The molecule has 0 fully saturated rings. The van der Waals surface area contributed by atoms with E-state index in [0.29, 0.717) is 6.42 Å². The van der Waals surface area contributed by atoms with Gasteiger partial charge in [-0.2, -0.15) is 0 Å². The van der Waals surface area contributed by atoms with Crippen molar-refractivity contribution < 1.29 is 14.3 Å². The summed E-state index contributed by atoms with van der Waals surface area (Å²) in [5.41, 5.74) is 1.05. The monoisotopic (exact) mass is 322 g/mol. The largest absolute Gasteiger partial charge is 0.507 e. The third-order valence-electron chi connectivity index (χ3n) is 2.79. The second-order valence-electron chi connectivity index (χ2n) is 4.21. The van der Waals surface area contributed by atoms with Gasteiger partial charge in [-0.1, -0.05) is 28.1 Å². The van der Waals surface area contributed by atoms with Crippen LogP contribution >= 0.6 is 15.9 Å². The van der Waals surface area contributed by atoms with Crippen LogP contribution in [0.4, 0.5) is 4.39 Å². The van der Waals surface area contributed by atoms with E-state index in [1.165, 1.54) is 18.2 Å². The van der Waals surface area contributed by atoms with Crippen LogP contribution in [0.3, 0.4) is 0 Å². The van der Waals surface area contributed by atoms with Crippen LogP contribution in [0.5, 0.6) is 5.75 Å². The lowest BCUT2D eigenvalue weighted by atomic mass is 10.0. The average Bonchev–Trinajstić information content (AvgIpc) is 2.39. The average molecular weight is 323 g/mol. The molecule has 19 heavy (non-hydrogen) atoms. The molecule has 0 unspecified atom stereocenters. The van der Waals surface area contributed by atoms with Crippen LogP contribution in [0, 0.1) is 5.82 Å². The summed E-state index contributed by atoms with van der Waals surface area (Å²) in [4.78, 5) is 12.0. The Morgan fingerprint density at radius 1 is 1.21 bits per heavy atom. The number of phenolic OH excluding ortho intramolecular Hbond substituents is 1. The van der Waals surface area contributed by atoms with Crippen molar-refractivity contribution >= 4 is 21.7 Å². The van der Waals surface area contributed by atoms with Gasteiger partial charge in [0, 0.05) is 10.9 Å². The second-order valence-corrected chi connectivity index (χ2v) is 5.13. The molecule has 4 heteroatoms. The first-order valence-corrected chi connectivity index (χ1v) is 6.62. The van der Waals surface area contributed by atoms with Crippen LogP contribution in [-0.2, 0) is 6.42 Å². The molecule has 2 nitrogen and oxygen atoms in total. The van der Waals surface area contributed by atoms with Gasteiger partial charge in [0.25, 0.3) is 0 Å². The lowest BCUT2D eigenvalue weighted by Crippen LogP contribution is -2.02. The number of phenols is 1. The lowest BCUT2D eigenvalue weighted by molar-refractivity contribution is 0.0980. The summed E-state index contributed by atoms with van der Waals surface area (Å²) in [5.74, 6) is -0.509. The zero-order valence-electron chi connectivity index (χ0n) is 10.1. The van der Waals surface area contributed by atoms with Crippen LogP contribution in [-0.4, -0.2) is 10.9 Å². The molecule has 0 spiro atoms. The van der Waals surface area contributed by atoms with Crippen LogP contribution in [0.1, 0.15) is 22.3 Å². The molecule has 0 radical (unpaired) electrons. The molecule has 0 saturated heterocycles. The summed E-state index contributed by atoms with van der Waals surface area (Å²) in [6, 6.07) is 10.9. The first-order valence-electron chi connectivity index (χ1n) is 5.82. The van der Waals surface area contributed by atoms with E-state index in [-0.39, 0.29) is 29.3 Å². The fourth-order valence-electron chi connectivity index (χ4n) is 1.82. The highest BCUT2D eigenvalue weighted by Crippen LogP contribution is 2.23. The van der Waals surface area contributed by atoms with Crippen molar-refractivity contribution in [2.45, 2.75) is 12.8 Å². The summed E-state index contributed by atoms with van der Waals surface area (Å²) >= 11 is 3.26. The van der Waals surface area contributed by atoms with Crippen LogP contribution in [0.25, 0.3) is 0 Å². The molecule has 98 valence electrons. The van der Waals surface area contributed by atoms with E-state index in [1.54, 1.807) is 24.3 Å². The van der Waals surface area contributed by atoms with Crippen molar-refractivity contribution in [3.05, 3.63) is 63.9 Å². The molecule has 0 aliphatic rings. The van der Waals surface area contributed by atoms with Crippen molar-refractivity contribution in [1.29, 1.82) is 0 Å². The molecule has 0 heterocycles. The van der Waals surface area contributed by atoms with E-state index in [1.807, 2.05) is 0 Å². The number of aromatic hydroxyl groups is 1. The lowest BCUT2D eigenvalue weighted by Gasteiger charge is -2.05. The molecule has 0 atom stereocenters. The van der Waals surface area contributed by atoms with Gasteiger partial charge in [-0.15, -0.1) is 0 Å². The number of rotatable bonds is 4. The number of benzene rings is 2. The van der Waals surface area contributed by atoms with Crippen molar-refractivity contribution in [2.24, 2.45) is 0 Å². The minimum absolute atomic E-state index is 0.0348. The first kappa shape index (κ1) is 13.7. The third kappa shape index (κ3) is 3.64. The van der Waals surface area contributed by atoms with E-state index < -0.39 is 0 Å². The molecular weight excluding hydrogens is 311 g/mol. The molecule has 0 bridgehead atoms. The van der Waals surface area contributed by atoms with Gasteiger partial charge in [0.05, 0.1) is 5.56 Å². The number of ketones is 1. The minimum Gasteiger partial charge on any atom is -0.507 e. The maximum atomic E-state index is 13.0. The van der Waals surface area contributed by atoms with Gasteiger partial charge in [-0.05, 0) is 42.3 Å². The number of hydrogen-bond donors (Lipinski definition) is 1. The van der Waals surface area contributed by atoms with E-state index in [0.717, 1.165) is 10.0 Å². The topological polar surface area (TPSA) is 37.3 Å². The molecule has 0 aliphatic carbocycles. The number of halogens is 2. The molecule has 0 amide bonds. The van der Waals surface area contributed by atoms with Gasteiger partial charge in [-0.25, -0.2) is 4.39 Å². The molecule has 2 aromatic carbocycles. The number of Topliss-reactive ketones (excluding diaryl/α,β-unsaturated/α-hetero) is 1. The Balaban J connectivity index is 2.07. The Morgan fingerprint density at radius 2 is 2.00 bits per heavy atom. The minimum atomic E-state index is -0.310. The highest BCUT2D eigenvalue weighted by molar-refractivity contribution is 9.10. The van der Waals surface area contributed by atoms with E-state index in [4.69, 9.17) is 0 Å². The van der Waals surface area contributed by atoms with Gasteiger partial charge in [0.1, 0.15) is 11.6 Å². The molecule has 1 N–H and O–H groups in total. The second kappa shape index (κ2) is 5.97. The number of carbonyl (C=O) groups is 1. The molecule has 2 aromatic rings. The molecule has 0 aromatic heterocycles. The van der Waals surface area contributed by atoms with Crippen molar-refractivity contribution in [1.82, 2.24) is 0 Å². The fourth-order valence-corrected chi connectivity index (χ4v) is 2.18. The van der Waals surface area contributed by atoms with Gasteiger partial charge in [-0.3, -0.25) is 4.79 Å². The summed E-state index contributed by atoms with van der Waals surface area (Å²) in [6.45, 7) is 0. The predicted molar refractivity (Wildman–Crippen MR) is 74.9 cm³/mol. The Hall–Kier alpha value is -1.68. The number of carbonyl (C=O) groups excluding carboxylic acids is 1. The zero-order chi connectivity index (χ0) is 13.8. The summed E-state index contributed by atoms with van der Waals surface area (Å²) in [5, 5.41) is 9.65. The Morgan fingerprint density at radius 3 is 2.74 bits per heavy atom. The van der Waals surface area contributed by atoms with Crippen LogP contribution < -0.4 is 0 Å². The Bertz CT molecular complexity index is 611. The Kier molecular flexibility index (Phi) is 4.32. The maximum absolute atomic E-state index is 13.0. The molecule has 0 saturated carbocycles. The smallest absolute Gasteiger partial charge is 0.166 e. The standard InChI is InChI=1S/C15H12BrFO2/c16-11-5-7-15(19)13(9-11)14(18)6-4-10-2-1-3-12(17)8-10/h1-3,5,7-9,19H,4,6H2. The first-order chi connectivity index (χ1) is 9.06. The van der Waals surface area contributed by atoms with Gasteiger partial charge >= 0.3 is 0 Å². The summed E-state index contributed by atoms with van der Waals surface area (Å²) in [7, 11) is 0. The number of hydrogen-bond acceptors (Lipinski definition) is 2. The summed E-state index contributed by atoms with van der Waals surface area (Å²) in [6.07, 6.45) is 0.677. The van der Waals surface area contributed by atoms with Crippen LogP contribution in [0.2, 0.25) is 0 Å². The maximum Gasteiger partial charge on any atom is 0.166 e. The fraction of sp³-hybridized carbons (Fsp3) is 0.133. The van der Waals surface area contributed by atoms with Gasteiger partial charge in [0.2, 0.25) is 0 Å². The highest BCUT2D eigenvalue weighted by Gasteiger charge is 2.11. The zero-order valence-corrected chi connectivity index (χ0v) is 11.7. The van der Waals surface area contributed by atoms with Crippen molar-refractivity contribution in [3.8, 4) is 5.75 Å². The van der Waals surface area contributed by atoms with Gasteiger partial charge < -0.3 is 5.11 Å². The molecule has 0 aliphatic heterocycles. The third-order valence-corrected chi connectivity index (χ3v) is 3.28. The van der Waals surface area contributed by atoms with E-state index >= 15 is 0 Å².